The summed E-state index contributed by atoms with van der Waals surface area (Å²) in [6.07, 6.45) is 8.45. The lowest BCUT2D eigenvalue weighted by molar-refractivity contribution is -0.256. The van der Waals surface area contributed by atoms with Gasteiger partial charge in [-0.1, -0.05) is 42.3 Å². The third kappa shape index (κ3) is 8.76. The molecule has 1 saturated carbocycles. The Balaban J connectivity index is 1.58. The molecule has 1 heterocycles. The molecule has 1 amide bonds. The van der Waals surface area contributed by atoms with Crippen molar-refractivity contribution < 1.29 is 52.7 Å². The number of rotatable bonds is 19. The number of fused-ring (bicyclic) bond motifs is 2. The van der Waals surface area contributed by atoms with Crippen LogP contribution in [0, 0.1) is 23.6 Å². The largest absolute Gasteiger partial charge is 0.496 e. The number of oxime groups is 1. The zero-order chi connectivity index (χ0) is 41.2. The number of amides is 1. The van der Waals surface area contributed by atoms with Crippen LogP contribution in [0.15, 0.2) is 90.1 Å². The van der Waals surface area contributed by atoms with Gasteiger partial charge in [0.25, 0.3) is 0 Å². The zero-order valence-electron chi connectivity index (χ0n) is 33.3. The number of allylic oxidation sites excluding steroid dienone is 1. The van der Waals surface area contributed by atoms with Crippen LogP contribution in [0.25, 0.3) is 0 Å². The van der Waals surface area contributed by atoms with Gasteiger partial charge >= 0.3 is 6.09 Å². The van der Waals surface area contributed by atoms with E-state index in [0.717, 1.165) is 36.8 Å². The highest BCUT2D eigenvalue weighted by Gasteiger charge is 2.65. The monoisotopic (exact) mass is 800 g/mol. The summed E-state index contributed by atoms with van der Waals surface area (Å²) in [6.45, 7) is 4.22. The molecule has 2 aliphatic carbocycles. The van der Waals surface area contributed by atoms with E-state index < -0.39 is 29.7 Å². The summed E-state index contributed by atoms with van der Waals surface area (Å²) < 4.78 is 45.4. The molecule has 0 radical (unpaired) electrons. The molecule has 0 saturated heterocycles. The van der Waals surface area contributed by atoms with Crippen LogP contribution >= 0.6 is 0 Å². The molecule has 0 aromatic heterocycles. The second-order valence-corrected chi connectivity index (χ2v) is 14.8. The molecule has 1 aliphatic heterocycles. The predicted octanol–water partition coefficient (Wildman–Crippen LogP) is 7.97. The van der Waals surface area contributed by atoms with Crippen molar-refractivity contribution in [1.82, 2.24) is 4.90 Å². The minimum absolute atomic E-state index is 0.0162. The van der Waals surface area contributed by atoms with Crippen LogP contribution in [0.3, 0.4) is 0 Å². The quantitative estimate of drug-likeness (QED) is 0.0530. The van der Waals surface area contributed by atoms with Crippen molar-refractivity contribution in [2.75, 3.05) is 41.2 Å². The van der Waals surface area contributed by atoms with Crippen LogP contribution in [-0.4, -0.2) is 86.2 Å². The molecule has 3 aromatic rings. The first-order valence-corrected chi connectivity index (χ1v) is 19.8. The van der Waals surface area contributed by atoms with Gasteiger partial charge < -0.3 is 38.7 Å². The smallest absolute Gasteiger partial charge is 0.410 e. The topological polar surface area (TPSA) is 146 Å². The minimum Gasteiger partial charge on any atom is -0.496 e. The Labute approximate surface area is 338 Å². The number of carbonyl (C=O) groups excluding carboxylic acids is 2. The molecular weight excluding hydrogens is 747 g/mol. The number of carbonyl (C=O) groups is 2. The fraction of sp³-hybridized carbons (Fsp3) is 0.444. The predicted molar refractivity (Wildman–Crippen MR) is 215 cm³/mol. The molecule has 1 fully saturated rings. The number of aldehydes is 1. The molecule has 0 spiro atoms. The Kier molecular flexibility index (Phi) is 14.2. The Morgan fingerprint density at radius 2 is 1.72 bits per heavy atom. The summed E-state index contributed by atoms with van der Waals surface area (Å²) in [6, 6.07) is 15.7. The SMILES string of the molecule is C=CCO[C@@]12Oc3ccc(Oc4ccc(OC)c(C=O)c4)cc3[C@H]3[C@H](CCCCO)[C@@H](CCCCO)C=C(C(=NOC)C[C@@H]1N(Cc1ccc(F)cc1)C(=O)OC)[C@H]32. The van der Waals surface area contributed by atoms with E-state index in [1.165, 1.54) is 33.5 Å². The van der Waals surface area contributed by atoms with Crippen molar-refractivity contribution >= 4 is 18.1 Å². The third-order valence-electron chi connectivity index (χ3n) is 11.5. The van der Waals surface area contributed by atoms with E-state index in [1.54, 1.807) is 47.4 Å². The lowest BCUT2D eigenvalue weighted by Gasteiger charge is -2.59. The highest BCUT2D eigenvalue weighted by Crippen LogP contribution is 2.62. The highest BCUT2D eigenvalue weighted by atomic mass is 19.1. The van der Waals surface area contributed by atoms with E-state index >= 15 is 0 Å². The summed E-state index contributed by atoms with van der Waals surface area (Å²) in [4.78, 5) is 32.9. The number of benzene rings is 3. The molecule has 13 heteroatoms. The van der Waals surface area contributed by atoms with Crippen LogP contribution < -0.4 is 14.2 Å². The Hall–Kier alpha value is -5.24. The number of hydrogen-bond acceptors (Lipinski definition) is 11. The van der Waals surface area contributed by atoms with Gasteiger partial charge in [-0.2, -0.15) is 0 Å². The number of hydrogen-bond donors (Lipinski definition) is 2. The molecule has 310 valence electrons. The molecule has 3 aliphatic rings. The highest BCUT2D eigenvalue weighted by molar-refractivity contribution is 6.03. The second-order valence-electron chi connectivity index (χ2n) is 14.8. The lowest BCUT2D eigenvalue weighted by Crippen LogP contribution is -2.70. The number of halogens is 1. The number of aliphatic hydroxyl groups excluding tert-OH is 2. The van der Waals surface area contributed by atoms with E-state index in [4.69, 9.17) is 28.5 Å². The summed E-state index contributed by atoms with van der Waals surface area (Å²) in [5.41, 5.74) is 3.35. The van der Waals surface area contributed by atoms with Crippen molar-refractivity contribution in [3.8, 4) is 23.0 Å². The number of nitrogens with zero attached hydrogens (tertiary/aromatic N) is 2. The molecule has 58 heavy (non-hydrogen) atoms. The third-order valence-corrected chi connectivity index (χ3v) is 11.5. The van der Waals surface area contributed by atoms with Gasteiger partial charge in [0.05, 0.1) is 38.0 Å². The first-order chi connectivity index (χ1) is 28.2. The van der Waals surface area contributed by atoms with Crippen LogP contribution in [0.1, 0.15) is 72.3 Å². The van der Waals surface area contributed by atoms with E-state index in [-0.39, 0.29) is 50.5 Å². The van der Waals surface area contributed by atoms with Gasteiger partial charge in [-0.3, -0.25) is 9.69 Å². The van der Waals surface area contributed by atoms with Gasteiger partial charge in [0.2, 0.25) is 5.79 Å². The first kappa shape index (κ1) is 42.4. The molecule has 6 atom stereocenters. The Morgan fingerprint density at radius 1 is 1.00 bits per heavy atom. The molecule has 12 nitrogen and oxygen atoms in total. The molecular formula is C45H53FN2O10. The summed E-state index contributed by atoms with van der Waals surface area (Å²) >= 11 is 0. The van der Waals surface area contributed by atoms with Gasteiger partial charge in [-0.25, -0.2) is 9.18 Å². The summed E-state index contributed by atoms with van der Waals surface area (Å²) in [5.74, 6) is -0.847. The van der Waals surface area contributed by atoms with Gasteiger partial charge in [-0.05, 0) is 97.2 Å². The van der Waals surface area contributed by atoms with Gasteiger partial charge in [0, 0.05) is 37.7 Å². The molecule has 2 N–H and O–H groups in total. The Morgan fingerprint density at radius 3 is 2.40 bits per heavy atom. The van der Waals surface area contributed by atoms with Crippen LogP contribution in [0.5, 0.6) is 23.0 Å². The Bertz CT molecular complexity index is 1970. The summed E-state index contributed by atoms with van der Waals surface area (Å²) in [5, 5.41) is 24.3. The van der Waals surface area contributed by atoms with Gasteiger partial charge in [0.1, 0.15) is 42.0 Å². The molecule has 3 aromatic carbocycles. The van der Waals surface area contributed by atoms with Crippen molar-refractivity contribution in [3.63, 3.8) is 0 Å². The number of unbranched alkanes of at least 4 members (excludes halogenated alkanes) is 2. The molecule has 6 rings (SSSR count). The van der Waals surface area contributed by atoms with E-state index in [0.29, 0.717) is 59.0 Å². The fourth-order valence-corrected chi connectivity index (χ4v) is 9.03. The van der Waals surface area contributed by atoms with Crippen LogP contribution in [0.2, 0.25) is 0 Å². The minimum atomic E-state index is -1.51. The maximum atomic E-state index is 14.1. The molecule has 0 unspecified atom stereocenters. The van der Waals surface area contributed by atoms with Gasteiger partial charge in [0.15, 0.2) is 6.29 Å². The van der Waals surface area contributed by atoms with Crippen molar-refractivity contribution in [1.29, 1.82) is 0 Å². The summed E-state index contributed by atoms with van der Waals surface area (Å²) in [7, 11) is 4.29. The fourth-order valence-electron chi connectivity index (χ4n) is 9.03. The van der Waals surface area contributed by atoms with E-state index in [9.17, 15) is 24.2 Å². The standard InChI is InChI=1S/C45H53FN2O10/c1-5-22-56-45-41(48(44(52)54-3)27-29-12-14-32(46)15-13-29)26-38(47-55-4)36-24-30(10-6-8-20-49)35(11-7-9-21-50)42(43(36)45)37-25-34(17-19-40(37)58-45)57-33-16-18-39(53-2)31(23-33)28-51/h5,12-19,23-25,28,30,35,41-43,49-50H,1,6-11,20-22,26-27H2,2-4H3/t30-,35+,41-,42+,43+,45+/m0/s1. The first-order valence-electron chi connectivity index (χ1n) is 19.8. The average Bonchev–Trinajstić information content (AvgIpc) is 3.24. The van der Waals surface area contributed by atoms with Crippen molar-refractivity contribution in [2.45, 2.75) is 69.2 Å². The zero-order valence-corrected chi connectivity index (χ0v) is 33.3. The number of ether oxygens (including phenoxy) is 5. The van der Waals surface area contributed by atoms with Crippen LogP contribution in [0.4, 0.5) is 9.18 Å². The average molecular weight is 801 g/mol. The van der Waals surface area contributed by atoms with Crippen molar-refractivity contribution in [3.05, 3.63) is 107 Å². The van der Waals surface area contributed by atoms with E-state index in [2.05, 4.69) is 17.8 Å². The van der Waals surface area contributed by atoms with Crippen molar-refractivity contribution in [2.24, 2.45) is 22.9 Å². The maximum Gasteiger partial charge on any atom is 0.410 e. The van der Waals surface area contributed by atoms with Gasteiger partial charge in [-0.15, -0.1) is 6.58 Å². The van der Waals surface area contributed by atoms with E-state index in [1.807, 2.05) is 12.1 Å². The second kappa shape index (κ2) is 19.5. The lowest BCUT2D eigenvalue weighted by atomic mass is 9.55. The number of aliphatic hydroxyl groups is 2. The number of methoxy groups -OCH3 is 2. The maximum absolute atomic E-state index is 14.1. The van der Waals surface area contributed by atoms with Crippen LogP contribution in [-0.2, 0) is 20.9 Å². The molecule has 0 bridgehead atoms. The normalized spacial score (nSPS) is 23.7.